The van der Waals surface area contributed by atoms with Gasteiger partial charge in [0.05, 0.1) is 7.11 Å². The van der Waals surface area contributed by atoms with Crippen LogP contribution in [0.25, 0.3) is 11.4 Å². The summed E-state index contributed by atoms with van der Waals surface area (Å²) in [6.45, 7) is 4.20. The van der Waals surface area contributed by atoms with Crippen LogP contribution in [0.5, 0.6) is 5.75 Å². The van der Waals surface area contributed by atoms with Crippen LogP contribution in [-0.4, -0.2) is 58.3 Å². The van der Waals surface area contributed by atoms with Gasteiger partial charge in [0.1, 0.15) is 11.6 Å². The van der Waals surface area contributed by atoms with Crippen molar-refractivity contribution in [2.75, 3.05) is 26.7 Å². The highest BCUT2D eigenvalue weighted by atomic mass is 19.1. The Hall–Kier alpha value is -2.84. The smallest absolute Gasteiger partial charge is 0.179 e. The Morgan fingerprint density at radius 2 is 1.94 bits per heavy atom. The summed E-state index contributed by atoms with van der Waals surface area (Å²) in [4.78, 5) is 2.60. The molecule has 5 rings (SSSR count). The van der Waals surface area contributed by atoms with E-state index in [1.54, 1.807) is 19.2 Å². The molecular weight excluding hydrogens is 419 g/mol. The lowest BCUT2D eigenvalue weighted by molar-refractivity contribution is 0.260. The summed E-state index contributed by atoms with van der Waals surface area (Å²) in [6.07, 6.45) is 4.88. The van der Waals surface area contributed by atoms with E-state index in [2.05, 4.69) is 36.9 Å². The molecule has 2 aromatic carbocycles. The Balaban J connectivity index is 1.35. The van der Waals surface area contributed by atoms with Crippen LogP contribution < -0.4 is 10.1 Å². The molecule has 3 atom stereocenters. The first kappa shape index (κ1) is 22.0. The van der Waals surface area contributed by atoms with E-state index < -0.39 is 0 Å². The maximum absolute atomic E-state index is 13.6. The third kappa shape index (κ3) is 4.91. The minimum absolute atomic E-state index is 0.180. The first-order chi connectivity index (χ1) is 16.2. The quantitative estimate of drug-likeness (QED) is 0.544. The Labute approximate surface area is 193 Å². The van der Waals surface area contributed by atoms with E-state index in [1.807, 2.05) is 24.3 Å². The first-order valence-corrected chi connectivity index (χ1v) is 11.8. The van der Waals surface area contributed by atoms with Crippen molar-refractivity contribution in [2.24, 2.45) is 5.92 Å². The van der Waals surface area contributed by atoms with E-state index in [-0.39, 0.29) is 5.82 Å². The molecule has 2 N–H and O–H groups in total. The van der Waals surface area contributed by atoms with Gasteiger partial charge in [0, 0.05) is 36.2 Å². The molecule has 1 aliphatic heterocycles. The van der Waals surface area contributed by atoms with Gasteiger partial charge in [-0.25, -0.2) is 9.49 Å². The van der Waals surface area contributed by atoms with E-state index in [9.17, 15) is 4.39 Å². The standard InChI is InChI=1S/C25H31FN6O/c1-33-23-11-7-18(25-28-30-31-29-25)14-20(23)15-27-22-10-6-19(16-32-12-2-3-13-32)24(22)17-4-8-21(26)9-5-17/h4-5,7-9,11,14,19,22,24,27H,2-3,6,10,12-13,15-16H2,1H3,(H,28,29,30,31). The summed E-state index contributed by atoms with van der Waals surface area (Å²) >= 11 is 0. The Bertz CT molecular complexity index is 1040. The van der Waals surface area contributed by atoms with Crippen LogP contribution in [0.4, 0.5) is 4.39 Å². The molecule has 3 aromatic rings. The van der Waals surface area contributed by atoms with E-state index in [0.29, 0.717) is 30.2 Å². The highest BCUT2D eigenvalue weighted by Crippen LogP contribution is 2.41. The first-order valence-electron chi connectivity index (χ1n) is 11.8. The van der Waals surface area contributed by atoms with Crippen LogP contribution in [0.15, 0.2) is 42.5 Å². The van der Waals surface area contributed by atoms with Gasteiger partial charge < -0.3 is 15.0 Å². The zero-order chi connectivity index (χ0) is 22.6. The number of H-pyrrole nitrogens is 1. The van der Waals surface area contributed by atoms with Crippen LogP contribution in [0.3, 0.4) is 0 Å². The Morgan fingerprint density at radius 1 is 1.12 bits per heavy atom. The molecule has 0 radical (unpaired) electrons. The number of nitrogens with zero attached hydrogens (tertiary/aromatic N) is 4. The van der Waals surface area contributed by atoms with Gasteiger partial charge in [0.15, 0.2) is 5.82 Å². The number of rotatable bonds is 8. The molecule has 1 aliphatic carbocycles. The zero-order valence-corrected chi connectivity index (χ0v) is 19.0. The van der Waals surface area contributed by atoms with E-state index in [4.69, 9.17) is 4.74 Å². The fraction of sp³-hybridized carbons (Fsp3) is 0.480. The molecule has 33 heavy (non-hydrogen) atoms. The monoisotopic (exact) mass is 450 g/mol. The molecule has 0 spiro atoms. The number of hydrogen-bond acceptors (Lipinski definition) is 6. The third-order valence-corrected chi connectivity index (χ3v) is 7.19. The SMILES string of the molecule is COc1ccc(-c2nnn[nH]2)cc1CNC1CCC(CN2CCCC2)C1c1ccc(F)cc1. The summed E-state index contributed by atoms with van der Waals surface area (Å²) in [6, 6.07) is 13.4. The fourth-order valence-electron chi connectivity index (χ4n) is 5.59. The number of ether oxygens (including phenoxy) is 1. The molecule has 2 fully saturated rings. The van der Waals surface area contributed by atoms with Gasteiger partial charge in [-0.15, -0.1) is 5.10 Å². The molecule has 1 saturated carbocycles. The summed E-state index contributed by atoms with van der Waals surface area (Å²) < 4.78 is 19.3. The second-order valence-electron chi connectivity index (χ2n) is 9.19. The highest BCUT2D eigenvalue weighted by Gasteiger charge is 2.38. The van der Waals surface area contributed by atoms with E-state index >= 15 is 0 Å². The predicted molar refractivity (Wildman–Crippen MR) is 124 cm³/mol. The van der Waals surface area contributed by atoms with E-state index in [1.165, 1.54) is 37.9 Å². The largest absolute Gasteiger partial charge is 0.496 e. The number of aromatic nitrogens is 4. The predicted octanol–water partition coefficient (Wildman–Crippen LogP) is 3.76. The van der Waals surface area contributed by atoms with Gasteiger partial charge in [-0.1, -0.05) is 12.1 Å². The molecule has 2 aliphatic rings. The van der Waals surface area contributed by atoms with Crippen molar-refractivity contribution in [2.45, 2.75) is 44.2 Å². The average molecular weight is 451 g/mol. The maximum atomic E-state index is 13.6. The van der Waals surface area contributed by atoms with Crippen LogP contribution in [0.1, 0.15) is 42.7 Å². The molecule has 3 unspecified atom stereocenters. The zero-order valence-electron chi connectivity index (χ0n) is 19.0. The molecule has 1 saturated heterocycles. The number of methoxy groups -OCH3 is 1. The molecule has 2 heterocycles. The van der Waals surface area contributed by atoms with Crippen LogP contribution >= 0.6 is 0 Å². The normalized spacial score (nSPS) is 23.3. The van der Waals surface area contributed by atoms with Gasteiger partial charge in [-0.2, -0.15) is 0 Å². The van der Waals surface area contributed by atoms with Gasteiger partial charge in [0.2, 0.25) is 0 Å². The summed E-state index contributed by atoms with van der Waals surface area (Å²) in [5.74, 6) is 2.22. The Kier molecular flexibility index (Phi) is 6.64. The molecule has 174 valence electrons. The van der Waals surface area contributed by atoms with Gasteiger partial charge in [-0.3, -0.25) is 0 Å². The van der Waals surface area contributed by atoms with Gasteiger partial charge >= 0.3 is 0 Å². The van der Waals surface area contributed by atoms with Gasteiger partial charge in [-0.05, 0) is 91.0 Å². The summed E-state index contributed by atoms with van der Waals surface area (Å²) in [5, 5.41) is 18.0. The molecule has 0 amide bonds. The van der Waals surface area contributed by atoms with Crippen molar-refractivity contribution in [1.29, 1.82) is 0 Å². The van der Waals surface area contributed by atoms with E-state index in [0.717, 1.165) is 29.8 Å². The van der Waals surface area contributed by atoms with Crippen molar-refractivity contribution in [3.8, 4) is 17.1 Å². The highest BCUT2D eigenvalue weighted by molar-refractivity contribution is 5.58. The fourth-order valence-corrected chi connectivity index (χ4v) is 5.59. The lowest BCUT2D eigenvalue weighted by atomic mass is 9.86. The van der Waals surface area contributed by atoms with Crippen molar-refractivity contribution in [1.82, 2.24) is 30.8 Å². The van der Waals surface area contributed by atoms with Crippen molar-refractivity contribution in [3.05, 3.63) is 59.4 Å². The summed E-state index contributed by atoms with van der Waals surface area (Å²) in [5.41, 5.74) is 3.21. The number of tetrazole rings is 1. The van der Waals surface area contributed by atoms with Crippen LogP contribution in [-0.2, 0) is 6.54 Å². The minimum atomic E-state index is -0.180. The van der Waals surface area contributed by atoms with Crippen LogP contribution in [0, 0.1) is 11.7 Å². The molecule has 1 aromatic heterocycles. The molecule has 8 heteroatoms. The van der Waals surface area contributed by atoms with Gasteiger partial charge in [0.25, 0.3) is 0 Å². The number of benzene rings is 2. The van der Waals surface area contributed by atoms with Crippen LogP contribution in [0.2, 0.25) is 0 Å². The maximum Gasteiger partial charge on any atom is 0.179 e. The number of halogens is 1. The summed E-state index contributed by atoms with van der Waals surface area (Å²) in [7, 11) is 1.69. The molecule has 0 bridgehead atoms. The minimum Gasteiger partial charge on any atom is -0.496 e. The number of aromatic amines is 1. The Morgan fingerprint density at radius 3 is 2.67 bits per heavy atom. The second-order valence-corrected chi connectivity index (χ2v) is 9.19. The second kappa shape index (κ2) is 9.97. The van der Waals surface area contributed by atoms with Crippen molar-refractivity contribution >= 4 is 0 Å². The van der Waals surface area contributed by atoms with Crippen molar-refractivity contribution in [3.63, 3.8) is 0 Å². The molecular formula is C25H31FN6O. The van der Waals surface area contributed by atoms with Crippen molar-refractivity contribution < 1.29 is 9.13 Å². The number of hydrogen-bond donors (Lipinski definition) is 2. The number of likely N-dealkylation sites (tertiary alicyclic amines) is 1. The third-order valence-electron chi connectivity index (χ3n) is 7.19. The lowest BCUT2D eigenvalue weighted by Gasteiger charge is -2.29. The number of nitrogens with one attached hydrogen (secondary N) is 2. The topological polar surface area (TPSA) is 79.0 Å². The average Bonchev–Trinajstić information content (AvgIpc) is 3.61. The lowest BCUT2D eigenvalue weighted by Crippen LogP contribution is -2.35. The molecule has 7 nitrogen and oxygen atoms in total.